The summed E-state index contributed by atoms with van der Waals surface area (Å²) in [5.74, 6) is -1.05. The van der Waals surface area contributed by atoms with Gasteiger partial charge in [0, 0.05) is 24.1 Å². The number of benzene rings is 1. The Kier molecular flexibility index (Phi) is 3.99. The quantitative estimate of drug-likeness (QED) is 0.841. The number of hydrogen-bond donors (Lipinski definition) is 2. The number of fused-ring (bicyclic) bond motifs is 1. The highest BCUT2D eigenvalue weighted by molar-refractivity contribution is 5.93. The summed E-state index contributed by atoms with van der Waals surface area (Å²) < 4.78 is 50.1. The largest absolute Gasteiger partial charge is 0.389 e. The smallest absolute Gasteiger partial charge is 0.388 e. The van der Waals surface area contributed by atoms with Crippen molar-refractivity contribution in [2.75, 3.05) is 5.32 Å². The molecule has 3 nitrogen and oxygen atoms in total. The van der Waals surface area contributed by atoms with E-state index in [1.54, 1.807) is 0 Å². The first-order valence-corrected chi connectivity index (χ1v) is 6.13. The van der Waals surface area contributed by atoms with E-state index in [-0.39, 0.29) is 17.9 Å². The van der Waals surface area contributed by atoms with Crippen LogP contribution in [0.2, 0.25) is 0 Å². The molecule has 1 atom stereocenters. The number of aliphatic hydroxyl groups excluding tert-OH is 1. The molecule has 1 heterocycles. The Balaban J connectivity index is 2.18. The molecule has 1 amide bonds. The Morgan fingerprint density at radius 2 is 2.00 bits per heavy atom. The summed E-state index contributed by atoms with van der Waals surface area (Å²) in [6.07, 6.45) is -7.07. The SMILES string of the molecule is O=C1CCc2cc(C(O)CCC(F)(F)F)c(F)cc2N1. The molecule has 1 unspecified atom stereocenters. The number of aliphatic hydroxyl groups is 1. The van der Waals surface area contributed by atoms with Crippen LogP contribution in [0.1, 0.15) is 36.5 Å². The summed E-state index contributed by atoms with van der Waals surface area (Å²) in [6, 6.07) is 2.36. The molecule has 110 valence electrons. The third-order valence-electron chi connectivity index (χ3n) is 3.18. The molecule has 1 aliphatic rings. The molecule has 0 spiro atoms. The fraction of sp³-hybridized carbons (Fsp3) is 0.462. The predicted octanol–water partition coefficient (Wildman–Crippen LogP) is 3.09. The molecule has 0 aliphatic carbocycles. The van der Waals surface area contributed by atoms with Gasteiger partial charge in [-0.25, -0.2) is 4.39 Å². The van der Waals surface area contributed by atoms with Crippen molar-refractivity contribution in [3.63, 3.8) is 0 Å². The number of halogens is 4. The lowest BCUT2D eigenvalue weighted by molar-refractivity contribution is -0.140. The molecular formula is C13H13F4NO2. The molecule has 2 rings (SSSR count). The maximum Gasteiger partial charge on any atom is 0.389 e. The standard InChI is InChI=1S/C13H13F4NO2/c14-9-6-10-7(1-2-12(20)18-10)5-8(9)11(19)3-4-13(15,16)17/h5-6,11,19H,1-4H2,(H,18,20). The topological polar surface area (TPSA) is 49.3 Å². The second kappa shape index (κ2) is 5.40. The van der Waals surface area contributed by atoms with E-state index in [0.29, 0.717) is 17.7 Å². The first-order valence-electron chi connectivity index (χ1n) is 6.13. The van der Waals surface area contributed by atoms with E-state index in [9.17, 15) is 27.5 Å². The van der Waals surface area contributed by atoms with E-state index in [4.69, 9.17) is 0 Å². The van der Waals surface area contributed by atoms with E-state index in [1.807, 2.05) is 0 Å². The van der Waals surface area contributed by atoms with Crippen LogP contribution in [0.3, 0.4) is 0 Å². The summed E-state index contributed by atoms with van der Waals surface area (Å²) in [7, 11) is 0. The van der Waals surface area contributed by atoms with Crippen molar-refractivity contribution in [3.8, 4) is 0 Å². The number of amides is 1. The van der Waals surface area contributed by atoms with Gasteiger partial charge in [0.2, 0.25) is 5.91 Å². The maximum absolute atomic E-state index is 13.8. The summed E-state index contributed by atoms with van der Waals surface area (Å²) in [5.41, 5.74) is 0.765. The molecule has 0 fully saturated rings. The molecule has 0 radical (unpaired) electrons. The van der Waals surface area contributed by atoms with Gasteiger partial charge in [-0.15, -0.1) is 0 Å². The van der Waals surface area contributed by atoms with E-state index in [0.717, 1.165) is 6.07 Å². The zero-order valence-corrected chi connectivity index (χ0v) is 10.4. The number of hydrogen-bond acceptors (Lipinski definition) is 2. The van der Waals surface area contributed by atoms with E-state index < -0.39 is 30.9 Å². The minimum absolute atomic E-state index is 0.163. The molecular weight excluding hydrogens is 278 g/mol. The monoisotopic (exact) mass is 291 g/mol. The highest BCUT2D eigenvalue weighted by Crippen LogP contribution is 2.32. The molecule has 2 N–H and O–H groups in total. The molecule has 0 saturated carbocycles. The molecule has 0 bridgehead atoms. The number of aryl methyl sites for hydroxylation is 1. The summed E-state index contributed by atoms with van der Waals surface area (Å²) in [6.45, 7) is 0. The average Bonchev–Trinajstić information content (AvgIpc) is 2.34. The number of alkyl halides is 3. The Morgan fingerprint density at radius 3 is 2.65 bits per heavy atom. The molecule has 1 aromatic carbocycles. The van der Waals surface area contributed by atoms with Gasteiger partial charge in [-0.2, -0.15) is 13.2 Å². The van der Waals surface area contributed by atoms with Crippen LogP contribution in [-0.2, 0) is 11.2 Å². The third kappa shape index (κ3) is 3.47. The van der Waals surface area contributed by atoms with E-state index in [1.165, 1.54) is 6.07 Å². The Morgan fingerprint density at radius 1 is 1.30 bits per heavy atom. The highest BCUT2D eigenvalue weighted by atomic mass is 19.4. The average molecular weight is 291 g/mol. The molecule has 1 aromatic rings. The van der Waals surface area contributed by atoms with Crippen molar-refractivity contribution in [1.82, 2.24) is 0 Å². The summed E-state index contributed by atoms with van der Waals surface area (Å²) >= 11 is 0. The van der Waals surface area contributed by atoms with Gasteiger partial charge in [-0.05, 0) is 30.5 Å². The molecule has 0 saturated heterocycles. The third-order valence-corrected chi connectivity index (χ3v) is 3.18. The van der Waals surface area contributed by atoms with Gasteiger partial charge in [0.25, 0.3) is 0 Å². The Hall–Kier alpha value is -1.63. The van der Waals surface area contributed by atoms with Crippen LogP contribution in [0.15, 0.2) is 12.1 Å². The van der Waals surface area contributed by atoms with Crippen molar-refractivity contribution >= 4 is 11.6 Å². The molecule has 20 heavy (non-hydrogen) atoms. The minimum atomic E-state index is -4.39. The van der Waals surface area contributed by atoms with Crippen LogP contribution >= 0.6 is 0 Å². The lowest BCUT2D eigenvalue weighted by atomic mass is 9.96. The Bertz CT molecular complexity index is 528. The van der Waals surface area contributed by atoms with Crippen LogP contribution in [0.25, 0.3) is 0 Å². The van der Waals surface area contributed by atoms with Crippen LogP contribution in [0.5, 0.6) is 0 Å². The molecule has 7 heteroatoms. The zero-order valence-electron chi connectivity index (χ0n) is 10.4. The van der Waals surface area contributed by atoms with Crippen LogP contribution < -0.4 is 5.32 Å². The second-order valence-electron chi connectivity index (χ2n) is 4.75. The normalized spacial score (nSPS) is 16.6. The highest BCUT2D eigenvalue weighted by Gasteiger charge is 2.29. The van der Waals surface area contributed by atoms with Gasteiger partial charge >= 0.3 is 6.18 Å². The van der Waals surface area contributed by atoms with Gasteiger partial charge < -0.3 is 10.4 Å². The van der Waals surface area contributed by atoms with Crippen molar-refractivity contribution in [2.45, 2.75) is 38.0 Å². The number of nitrogens with one attached hydrogen (secondary N) is 1. The summed E-state index contributed by atoms with van der Waals surface area (Å²) in [4.78, 5) is 11.2. The zero-order chi connectivity index (χ0) is 14.9. The van der Waals surface area contributed by atoms with Gasteiger partial charge in [-0.3, -0.25) is 4.79 Å². The van der Waals surface area contributed by atoms with Crippen molar-refractivity contribution in [2.24, 2.45) is 0 Å². The van der Waals surface area contributed by atoms with E-state index >= 15 is 0 Å². The lowest BCUT2D eigenvalue weighted by Crippen LogP contribution is -2.20. The second-order valence-corrected chi connectivity index (χ2v) is 4.75. The van der Waals surface area contributed by atoms with Gasteiger partial charge in [0.1, 0.15) is 5.82 Å². The molecule has 0 aromatic heterocycles. The fourth-order valence-corrected chi connectivity index (χ4v) is 2.13. The first kappa shape index (κ1) is 14.8. The number of carbonyl (C=O) groups is 1. The number of rotatable bonds is 3. The fourth-order valence-electron chi connectivity index (χ4n) is 2.13. The van der Waals surface area contributed by atoms with Crippen molar-refractivity contribution in [1.29, 1.82) is 0 Å². The van der Waals surface area contributed by atoms with E-state index in [2.05, 4.69) is 5.32 Å². The molecule has 1 aliphatic heterocycles. The van der Waals surface area contributed by atoms with Gasteiger partial charge in [0.05, 0.1) is 6.10 Å². The maximum atomic E-state index is 13.8. The van der Waals surface area contributed by atoms with Crippen LogP contribution in [-0.4, -0.2) is 17.2 Å². The van der Waals surface area contributed by atoms with Crippen molar-refractivity contribution < 1.29 is 27.5 Å². The van der Waals surface area contributed by atoms with Crippen molar-refractivity contribution in [3.05, 3.63) is 29.1 Å². The lowest BCUT2D eigenvalue weighted by Gasteiger charge is -2.20. The predicted molar refractivity (Wildman–Crippen MR) is 63.6 cm³/mol. The van der Waals surface area contributed by atoms with Gasteiger partial charge in [0.15, 0.2) is 0 Å². The van der Waals surface area contributed by atoms with Crippen LogP contribution in [0, 0.1) is 5.82 Å². The van der Waals surface area contributed by atoms with Crippen LogP contribution in [0.4, 0.5) is 23.2 Å². The number of anilines is 1. The minimum Gasteiger partial charge on any atom is -0.388 e. The number of carbonyl (C=O) groups excluding carboxylic acids is 1. The van der Waals surface area contributed by atoms with Gasteiger partial charge in [-0.1, -0.05) is 0 Å². The summed E-state index contributed by atoms with van der Waals surface area (Å²) in [5, 5.41) is 12.2. The Labute approximate surface area is 112 Å². The first-order chi connectivity index (χ1) is 9.26.